The van der Waals surface area contributed by atoms with Gasteiger partial charge in [0.15, 0.2) is 0 Å². The quantitative estimate of drug-likeness (QED) is 0.145. The fourth-order valence-corrected chi connectivity index (χ4v) is 7.51. The summed E-state index contributed by atoms with van der Waals surface area (Å²) in [6.07, 6.45) is 11.0. The minimum Gasteiger partial charge on any atom is -0.264 e. The van der Waals surface area contributed by atoms with Crippen LogP contribution in [-0.4, -0.2) is 29.9 Å². The van der Waals surface area contributed by atoms with E-state index in [1.807, 2.05) is 36.8 Å². The van der Waals surface area contributed by atoms with Crippen LogP contribution in [0.2, 0.25) is 0 Å². The first-order valence-electron chi connectivity index (χ1n) is 19.8. The van der Waals surface area contributed by atoms with E-state index in [9.17, 15) is 0 Å². The Morgan fingerprint density at radius 2 is 0.433 bits per heavy atom. The number of rotatable bonds is 9. The van der Waals surface area contributed by atoms with Gasteiger partial charge in [0, 0.05) is 87.3 Å². The number of hydrogen-bond acceptors (Lipinski definition) is 6. The van der Waals surface area contributed by atoms with Gasteiger partial charge < -0.3 is 0 Å². The average Bonchev–Trinajstić information content (AvgIpc) is 3.35. The summed E-state index contributed by atoms with van der Waals surface area (Å²) in [4.78, 5) is 28.8. The normalized spacial score (nSPS) is 11.0. The van der Waals surface area contributed by atoms with E-state index in [1.54, 1.807) is 18.6 Å². The maximum Gasteiger partial charge on any atom is 0.0709 e. The summed E-state index contributed by atoms with van der Waals surface area (Å²) >= 11 is 0. The predicted molar refractivity (Wildman–Crippen MR) is 242 cm³/mol. The summed E-state index contributed by atoms with van der Waals surface area (Å²) < 4.78 is 0. The molecule has 0 saturated heterocycles. The number of pyridine rings is 6. The highest BCUT2D eigenvalue weighted by Gasteiger charge is 2.14. The van der Waals surface area contributed by atoms with Crippen molar-refractivity contribution in [1.82, 2.24) is 29.9 Å². The lowest BCUT2D eigenvalue weighted by Crippen LogP contribution is -1.94. The molecule has 4 aromatic carbocycles. The van der Waals surface area contributed by atoms with E-state index < -0.39 is 0 Å². The van der Waals surface area contributed by atoms with E-state index >= 15 is 0 Å². The molecule has 6 nitrogen and oxygen atoms in total. The van der Waals surface area contributed by atoms with Gasteiger partial charge in [-0.2, -0.15) is 0 Å². The van der Waals surface area contributed by atoms with Crippen molar-refractivity contribution in [3.63, 3.8) is 0 Å². The predicted octanol–water partition coefficient (Wildman–Crippen LogP) is 13.1. The van der Waals surface area contributed by atoms with Gasteiger partial charge in [0.2, 0.25) is 0 Å². The maximum atomic E-state index is 5.26. The molecule has 60 heavy (non-hydrogen) atoms. The minimum absolute atomic E-state index is 0.850. The maximum absolute atomic E-state index is 5.26. The minimum atomic E-state index is 0.850. The molecule has 0 unspecified atom stereocenters. The van der Waals surface area contributed by atoms with Gasteiger partial charge in [-0.15, -0.1) is 0 Å². The highest BCUT2D eigenvalue weighted by molar-refractivity contribution is 5.82. The summed E-state index contributed by atoms with van der Waals surface area (Å²) in [6.45, 7) is 0. The Kier molecular flexibility index (Phi) is 9.84. The van der Waals surface area contributed by atoms with Crippen molar-refractivity contribution in [2.45, 2.75) is 0 Å². The summed E-state index contributed by atoms with van der Waals surface area (Å²) in [7, 11) is 0. The third-order valence-corrected chi connectivity index (χ3v) is 10.5. The van der Waals surface area contributed by atoms with Crippen molar-refractivity contribution in [2.24, 2.45) is 0 Å². The highest BCUT2D eigenvalue weighted by atomic mass is 14.7. The lowest BCUT2D eigenvalue weighted by Gasteiger charge is -2.13. The van der Waals surface area contributed by atoms with Gasteiger partial charge in [-0.05, 0) is 108 Å². The van der Waals surface area contributed by atoms with E-state index in [0.717, 1.165) is 101 Å². The van der Waals surface area contributed by atoms with Crippen LogP contribution in [0.1, 0.15) is 0 Å². The number of hydrogen-bond donors (Lipinski definition) is 0. The van der Waals surface area contributed by atoms with Crippen molar-refractivity contribution >= 4 is 0 Å². The van der Waals surface area contributed by atoms with Gasteiger partial charge in [-0.1, -0.05) is 91.0 Å². The summed E-state index contributed by atoms with van der Waals surface area (Å²) in [6, 6.07) is 62.6. The second kappa shape index (κ2) is 16.3. The van der Waals surface area contributed by atoms with Crippen LogP contribution in [0, 0.1) is 0 Å². The Morgan fingerprint density at radius 1 is 0.200 bits per heavy atom. The first-order valence-corrected chi connectivity index (χ1v) is 19.8. The molecule has 0 aliphatic rings. The van der Waals surface area contributed by atoms with Crippen molar-refractivity contribution in [3.8, 4) is 101 Å². The molecule has 10 aromatic rings. The Hall–Kier alpha value is -8.22. The monoisotopic (exact) mass is 768 g/mol. The number of benzene rings is 4. The number of aromatic nitrogens is 6. The van der Waals surface area contributed by atoms with Crippen LogP contribution in [0.3, 0.4) is 0 Å². The molecule has 0 aliphatic heterocycles. The smallest absolute Gasteiger partial charge is 0.0709 e. The molecule has 6 heterocycles. The Bertz CT molecular complexity index is 2750. The third-order valence-electron chi connectivity index (χ3n) is 10.5. The first-order chi connectivity index (χ1) is 29.7. The third kappa shape index (κ3) is 7.73. The molecule has 0 N–H and O–H groups in total. The van der Waals surface area contributed by atoms with Gasteiger partial charge in [-0.3, -0.25) is 15.0 Å². The molecule has 0 saturated carbocycles. The zero-order valence-corrected chi connectivity index (χ0v) is 32.5. The largest absolute Gasteiger partial charge is 0.264 e. The molecule has 0 fully saturated rings. The topological polar surface area (TPSA) is 77.3 Å². The van der Waals surface area contributed by atoms with Crippen LogP contribution in [0.4, 0.5) is 0 Å². The van der Waals surface area contributed by atoms with Gasteiger partial charge in [0.25, 0.3) is 0 Å². The van der Waals surface area contributed by atoms with Crippen LogP contribution in [0.25, 0.3) is 101 Å². The summed E-state index contributed by atoms with van der Waals surface area (Å²) in [5.74, 6) is 0. The van der Waals surface area contributed by atoms with E-state index in [-0.39, 0.29) is 0 Å². The second-order valence-electron chi connectivity index (χ2n) is 14.5. The lowest BCUT2D eigenvalue weighted by atomic mass is 9.97. The van der Waals surface area contributed by atoms with Gasteiger partial charge >= 0.3 is 0 Å². The molecule has 0 radical (unpaired) electrons. The summed E-state index contributed by atoms with van der Waals surface area (Å²) in [5, 5.41) is 0. The van der Waals surface area contributed by atoms with Crippen LogP contribution in [-0.2, 0) is 0 Å². The Balaban J connectivity index is 1.07. The van der Waals surface area contributed by atoms with Crippen LogP contribution < -0.4 is 0 Å². The molecular formula is C54H36N6. The first kappa shape index (κ1) is 36.1. The van der Waals surface area contributed by atoms with Gasteiger partial charge in [0.05, 0.1) is 34.2 Å². The number of nitrogens with zero attached hydrogens (tertiary/aromatic N) is 6. The lowest BCUT2D eigenvalue weighted by molar-refractivity contribution is 1.29. The molecule has 0 atom stereocenters. The van der Waals surface area contributed by atoms with Crippen LogP contribution >= 0.6 is 0 Å². The van der Waals surface area contributed by atoms with Crippen molar-refractivity contribution in [3.05, 3.63) is 219 Å². The average molecular weight is 769 g/mol. The molecule has 282 valence electrons. The molecule has 10 rings (SSSR count). The molecule has 6 aromatic heterocycles. The SMILES string of the molecule is c1cncc(-c2cccc(-c3cccc(-c4cc(-c5cccc(-c6cccc(-c7cccnc7)c6)n5)cc(-c5cccc(-c6cccc(-c7cccnc7)c6)n5)c4)n3)c2)c1. The fraction of sp³-hybridized carbons (Fsp3) is 0. The van der Waals surface area contributed by atoms with Crippen molar-refractivity contribution in [1.29, 1.82) is 0 Å². The standard InChI is InChI=1S/C54H36N6/c1-10-37(43-16-7-25-55-34-43)28-40(13-1)49-19-4-22-52(58-49)46-31-47(53-23-5-20-50(59-53)41-14-2-11-38(29-41)44-17-8-26-56-35-44)33-48(32-46)54-24-6-21-51(60-54)42-15-3-12-39(30-42)45-18-9-27-57-36-45/h1-36H. The van der Waals surface area contributed by atoms with E-state index in [4.69, 9.17) is 15.0 Å². The molecule has 0 bridgehead atoms. The second-order valence-corrected chi connectivity index (χ2v) is 14.5. The molecule has 0 amide bonds. The summed E-state index contributed by atoms with van der Waals surface area (Å²) in [5.41, 5.74) is 17.6. The van der Waals surface area contributed by atoms with Crippen molar-refractivity contribution < 1.29 is 0 Å². The zero-order valence-electron chi connectivity index (χ0n) is 32.5. The Labute approximate surface area is 348 Å². The van der Waals surface area contributed by atoms with Crippen molar-refractivity contribution in [2.75, 3.05) is 0 Å². The van der Waals surface area contributed by atoms with E-state index in [0.29, 0.717) is 0 Å². The Morgan fingerprint density at radius 3 is 0.717 bits per heavy atom. The highest BCUT2D eigenvalue weighted by Crippen LogP contribution is 2.35. The van der Waals surface area contributed by atoms with E-state index in [1.165, 1.54) is 0 Å². The van der Waals surface area contributed by atoms with Crippen LogP contribution in [0.15, 0.2) is 219 Å². The molecule has 0 spiro atoms. The van der Waals surface area contributed by atoms with E-state index in [2.05, 4.69) is 179 Å². The zero-order chi connectivity index (χ0) is 40.1. The van der Waals surface area contributed by atoms with Crippen LogP contribution in [0.5, 0.6) is 0 Å². The molecular weight excluding hydrogens is 733 g/mol. The van der Waals surface area contributed by atoms with Gasteiger partial charge in [0.1, 0.15) is 0 Å². The molecule has 6 heteroatoms. The molecule has 0 aliphatic carbocycles. The fourth-order valence-electron chi connectivity index (χ4n) is 7.51. The van der Waals surface area contributed by atoms with Gasteiger partial charge in [-0.25, -0.2) is 15.0 Å².